The number of nitrogens with two attached hydrogens (primary N) is 1. The van der Waals surface area contributed by atoms with E-state index in [0.29, 0.717) is 12.4 Å². The minimum absolute atomic E-state index is 0.177. The number of hydrogen-bond acceptors (Lipinski definition) is 4. The summed E-state index contributed by atoms with van der Waals surface area (Å²) < 4.78 is 9.95. The van der Waals surface area contributed by atoms with Crippen molar-refractivity contribution in [1.82, 2.24) is 5.16 Å². The lowest BCUT2D eigenvalue weighted by Gasteiger charge is -2.17. The van der Waals surface area contributed by atoms with E-state index in [0.717, 1.165) is 5.76 Å². The lowest BCUT2D eigenvalue weighted by Crippen LogP contribution is -2.27. The highest BCUT2D eigenvalue weighted by atomic mass is 16.5. The zero-order valence-corrected chi connectivity index (χ0v) is 7.63. The van der Waals surface area contributed by atoms with Gasteiger partial charge in [-0.05, 0) is 5.16 Å². The van der Waals surface area contributed by atoms with Crippen LogP contribution >= 0.6 is 0 Å². The molecule has 0 atom stereocenters. The molecule has 0 bridgehead atoms. The molecule has 0 radical (unpaired) electrons. The molecular weight excluding hydrogens is 156 g/mol. The number of aromatic nitrogens is 1. The first kappa shape index (κ1) is 9.06. The molecule has 0 aromatic carbocycles. The van der Waals surface area contributed by atoms with E-state index in [1.165, 1.54) is 0 Å². The van der Waals surface area contributed by atoms with Crippen LogP contribution in [0.4, 0.5) is 0 Å². The standard InChI is InChI=1S/C8H14N2O2/c1-8(2,5-9)6-4-7(11-3)10-12-6/h4H,5,9H2,1-3H3. The van der Waals surface area contributed by atoms with Gasteiger partial charge < -0.3 is 15.0 Å². The van der Waals surface area contributed by atoms with Crippen molar-refractivity contribution in [3.63, 3.8) is 0 Å². The van der Waals surface area contributed by atoms with Gasteiger partial charge in [0.15, 0.2) is 0 Å². The Balaban J connectivity index is 2.88. The molecule has 0 aliphatic rings. The number of hydrogen-bond donors (Lipinski definition) is 1. The average molecular weight is 170 g/mol. The van der Waals surface area contributed by atoms with Crippen molar-refractivity contribution in [2.24, 2.45) is 5.73 Å². The maximum Gasteiger partial charge on any atom is 0.254 e. The van der Waals surface area contributed by atoms with Gasteiger partial charge in [-0.15, -0.1) is 0 Å². The third-order valence-corrected chi connectivity index (χ3v) is 1.88. The molecule has 1 heterocycles. The molecule has 1 aromatic heterocycles. The Bertz CT molecular complexity index is 255. The van der Waals surface area contributed by atoms with Crippen molar-refractivity contribution in [3.8, 4) is 5.88 Å². The maximum atomic E-state index is 5.56. The Morgan fingerprint density at radius 2 is 2.33 bits per heavy atom. The SMILES string of the molecule is COc1cc(C(C)(C)CN)on1. The molecule has 12 heavy (non-hydrogen) atoms. The summed E-state index contributed by atoms with van der Waals surface area (Å²) in [5, 5.41) is 3.70. The van der Waals surface area contributed by atoms with Crippen molar-refractivity contribution in [3.05, 3.63) is 11.8 Å². The highest BCUT2D eigenvalue weighted by molar-refractivity contribution is 5.18. The van der Waals surface area contributed by atoms with Crippen LogP contribution in [0.2, 0.25) is 0 Å². The minimum Gasteiger partial charge on any atom is -0.479 e. The summed E-state index contributed by atoms with van der Waals surface area (Å²) in [6, 6.07) is 1.76. The van der Waals surface area contributed by atoms with Gasteiger partial charge in [0.1, 0.15) is 5.76 Å². The maximum absolute atomic E-state index is 5.56. The lowest BCUT2D eigenvalue weighted by molar-refractivity contribution is 0.296. The molecule has 4 nitrogen and oxygen atoms in total. The van der Waals surface area contributed by atoms with Gasteiger partial charge in [0.2, 0.25) is 0 Å². The summed E-state index contributed by atoms with van der Waals surface area (Å²) in [6.07, 6.45) is 0. The van der Waals surface area contributed by atoms with Crippen LogP contribution in [0.3, 0.4) is 0 Å². The predicted octanol–water partition coefficient (Wildman–Crippen LogP) is 0.919. The zero-order chi connectivity index (χ0) is 9.19. The lowest BCUT2D eigenvalue weighted by atomic mass is 9.91. The Morgan fingerprint density at radius 1 is 1.67 bits per heavy atom. The molecule has 0 aliphatic carbocycles. The number of nitrogens with zero attached hydrogens (tertiary/aromatic N) is 1. The van der Waals surface area contributed by atoms with Gasteiger partial charge in [-0.25, -0.2) is 0 Å². The molecule has 0 aliphatic heterocycles. The van der Waals surface area contributed by atoms with E-state index in [1.54, 1.807) is 13.2 Å². The van der Waals surface area contributed by atoms with Crippen LogP contribution in [0.5, 0.6) is 5.88 Å². The number of rotatable bonds is 3. The molecule has 0 saturated carbocycles. The van der Waals surface area contributed by atoms with Crippen LogP contribution in [-0.2, 0) is 5.41 Å². The van der Waals surface area contributed by atoms with Gasteiger partial charge >= 0.3 is 0 Å². The third-order valence-electron chi connectivity index (χ3n) is 1.88. The summed E-state index contributed by atoms with van der Waals surface area (Å²) in [7, 11) is 1.55. The number of ether oxygens (including phenoxy) is 1. The van der Waals surface area contributed by atoms with E-state index < -0.39 is 0 Å². The molecule has 1 rings (SSSR count). The summed E-state index contributed by atoms with van der Waals surface area (Å²) in [4.78, 5) is 0. The first-order valence-electron chi connectivity index (χ1n) is 3.81. The Kier molecular flexibility index (Phi) is 2.38. The fourth-order valence-electron chi connectivity index (χ4n) is 0.775. The molecule has 0 amide bonds. The minimum atomic E-state index is -0.177. The van der Waals surface area contributed by atoms with Crippen molar-refractivity contribution >= 4 is 0 Å². The van der Waals surface area contributed by atoms with Crippen molar-refractivity contribution in [2.75, 3.05) is 13.7 Å². The highest BCUT2D eigenvalue weighted by Crippen LogP contribution is 2.24. The van der Waals surface area contributed by atoms with Gasteiger partial charge in [0.05, 0.1) is 7.11 Å². The van der Waals surface area contributed by atoms with Gasteiger partial charge in [-0.3, -0.25) is 0 Å². The second kappa shape index (κ2) is 3.15. The van der Waals surface area contributed by atoms with E-state index in [-0.39, 0.29) is 5.41 Å². The molecule has 0 fully saturated rings. The zero-order valence-electron chi connectivity index (χ0n) is 7.63. The second-order valence-corrected chi connectivity index (χ2v) is 3.32. The molecule has 0 unspecified atom stereocenters. The number of methoxy groups -OCH3 is 1. The summed E-state index contributed by atoms with van der Waals surface area (Å²) in [5.41, 5.74) is 5.38. The summed E-state index contributed by atoms with van der Waals surface area (Å²) >= 11 is 0. The van der Waals surface area contributed by atoms with Crippen molar-refractivity contribution < 1.29 is 9.26 Å². The topological polar surface area (TPSA) is 61.3 Å². The summed E-state index contributed by atoms with van der Waals surface area (Å²) in [6.45, 7) is 4.51. The summed E-state index contributed by atoms with van der Waals surface area (Å²) in [5.74, 6) is 1.24. The monoisotopic (exact) mass is 170 g/mol. The fraction of sp³-hybridized carbons (Fsp3) is 0.625. The van der Waals surface area contributed by atoms with Crippen LogP contribution in [-0.4, -0.2) is 18.8 Å². The Labute approximate surface area is 71.7 Å². The van der Waals surface area contributed by atoms with E-state index in [4.69, 9.17) is 15.0 Å². The van der Waals surface area contributed by atoms with Crippen LogP contribution in [0.25, 0.3) is 0 Å². The van der Waals surface area contributed by atoms with Gasteiger partial charge in [0.25, 0.3) is 5.88 Å². The molecule has 0 spiro atoms. The van der Waals surface area contributed by atoms with Crippen LogP contribution in [0.1, 0.15) is 19.6 Å². The Hall–Kier alpha value is -1.03. The van der Waals surface area contributed by atoms with Crippen molar-refractivity contribution in [2.45, 2.75) is 19.3 Å². The van der Waals surface area contributed by atoms with E-state index in [2.05, 4.69) is 5.16 Å². The average Bonchev–Trinajstić information content (AvgIpc) is 2.52. The third kappa shape index (κ3) is 1.58. The molecule has 68 valence electrons. The van der Waals surface area contributed by atoms with Crippen molar-refractivity contribution in [1.29, 1.82) is 0 Å². The van der Waals surface area contributed by atoms with E-state index >= 15 is 0 Å². The second-order valence-electron chi connectivity index (χ2n) is 3.32. The highest BCUT2D eigenvalue weighted by Gasteiger charge is 2.24. The largest absolute Gasteiger partial charge is 0.479 e. The smallest absolute Gasteiger partial charge is 0.254 e. The van der Waals surface area contributed by atoms with Gasteiger partial charge in [0, 0.05) is 18.0 Å². The van der Waals surface area contributed by atoms with Crippen LogP contribution in [0.15, 0.2) is 10.6 Å². The Morgan fingerprint density at radius 3 is 2.75 bits per heavy atom. The fourth-order valence-corrected chi connectivity index (χ4v) is 0.775. The molecular formula is C8H14N2O2. The van der Waals surface area contributed by atoms with E-state index in [1.807, 2.05) is 13.8 Å². The normalized spacial score (nSPS) is 11.7. The van der Waals surface area contributed by atoms with Gasteiger partial charge in [-0.2, -0.15) is 0 Å². The van der Waals surface area contributed by atoms with Gasteiger partial charge in [-0.1, -0.05) is 13.8 Å². The first-order valence-corrected chi connectivity index (χ1v) is 3.81. The van der Waals surface area contributed by atoms with E-state index in [9.17, 15) is 0 Å². The first-order chi connectivity index (χ1) is 5.60. The van der Waals surface area contributed by atoms with Crippen LogP contribution in [0, 0.1) is 0 Å². The van der Waals surface area contributed by atoms with Crippen LogP contribution < -0.4 is 10.5 Å². The molecule has 2 N–H and O–H groups in total. The molecule has 4 heteroatoms. The predicted molar refractivity (Wildman–Crippen MR) is 45.1 cm³/mol. The molecule has 1 aromatic rings. The molecule has 0 saturated heterocycles. The quantitative estimate of drug-likeness (QED) is 0.732.